The van der Waals surface area contributed by atoms with E-state index in [4.69, 9.17) is 0 Å². The molecule has 0 saturated carbocycles. The minimum Gasteiger partial charge on any atom is -1.00 e. The molecular weight excluding hydrogens is 585 g/mol. The van der Waals surface area contributed by atoms with Crippen LogP contribution in [0, 0.1) is 0 Å². The van der Waals surface area contributed by atoms with Gasteiger partial charge in [0.1, 0.15) is 0 Å². The van der Waals surface area contributed by atoms with Crippen LogP contribution in [0.4, 0.5) is 0 Å². The molecule has 1 unspecified atom stereocenters. The number of carbonyl (C=O) groups is 1. The summed E-state index contributed by atoms with van der Waals surface area (Å²) < 4.78 is 4.12. The van der Waals surface area contributed by atoms with Gasteiger partial charge in [0.2, 0.25) is 0 Å². The molecule has 5 rings (SSSR count). The van der Waals surface area contributed by atoms with Crippen LogP contribution in [0.15, 0.2) is 109 Å². The SMILES string of the molecule is CC(C)c1cccc(C(C)C)c1C(=O)[NH][Ti+2]([CH]1C=Cc2ccccc21)[SiH](c1ccccc1)c1ccccc1.[Cl-].[Cl-]. The maximum absolute atomic E-state index is 14.5. The summed E-state index contributed by atoms with van der Waals surface area (Å²) in [7, 11) is 0. The number of hydrogen-bond donors (Lipinski definition) is 1. The minimum absolute atomic E-state index is 0. The molecule has 0 spiro atoms. The fourth-order valence-corrected chi connectivity index (χ4v) is 20.0. The number of benzene rings is 4. The molecule has 40 heavy (non-hydrogen) atoms. The van der Waals surface area contributed by atoms with Crippen molar-refractivity contribution >= 4 is 29.0 Å². The molecule has 1 aliphatic carbocycles. The van der Waals surface area contributed by atoms with Gasteiger partial charge in [0.15, 0.2) is 0 Å². The first kappa shape index (κ1) is 32.1. The van der Waals surface area contributed by atoms with E-state index in [2.05, 4.69) is 147 Å². The molecule has 1 atom stereocenters. The van der Waals surface area contributed by atoms with Crippen LogP contribution in [-0.4, -0.2) is 12.6 Å². The van der Waals surface area contributed by atoms with Gasteiger partial charge in [0.05, 0.1) is 0 Å². The van der Waals surface area contributed by atoms with Crippen molar-refractivity contribution in [1.82, 2.24) is 3.80 Å². The van der Waals surface area contributed by atoms with Gasteiger partial charge in [0, 0.05) is 0 Å². The van der Waals surface area contributed by atoms with Gasteiger partial charge in [-0.05, 0) is 0 Å². The number of fused-ring (bicyclic) bond motifs is 1. The Morgan fingerprint density at radius 3 is 1.73 bits per heavy atom. The van der Waals surface area contributed by atoms with Crippen molar-refractivity contribution in [2.45, 2.75) is 43.8 Å². The second kappa shape index (κ2) is 14.5. The molecular formula is C34H36Cl2NOSiTi. The molecule has 6 heteroatoms. The number of allylic oxidation sites excluding steroid dienone is 1. The van der Waals surface area contributed by atoms with E-state index < -0.39 is 24.0 Å². The largest absolute Gasteiger partial charge is 1.00 e. The summed E-state index contributed by atoms with van der Waals surface area (Å²) in [5.41, 5.74) is 5.84. The Bertz CT molecular complexity index is 1380. The van der Waals surface area contributed by atoms with E-state index in [0.29, 0.717) is 0 Å². The quantitative estimate of drug-likeness (QED) is 0.286. The predicted molar refractivity (Wildman–Crippen MR) is 160 cm³/mol. The number of rotatable bonds is 8. The second-order valence-corrected chi connectivity index (χ2v) is 21.0. The van der Waals surface area contributed by atoms with Crippen molar-refractivity contribution in [3.8, 4) is 0 Å². The molecule has 0 radical (unpaired) electrons. The van der Waals surface area contributed by atoms with Gasteiger partial charge in [-0.15, -0.1) is 0 Å². The van der Waals surface area contributed by atoms with Gasteiger partial charge in [-0.25, -0.2) is 0 Å². The minimum atomic E-state index is -2.36. The van der Waals surface area contributed by atoms with Crippen molar-refractivity contribution in [1.29, 1.82) is 0 Å². The van der Waals surface area contributed by atoms with Gasteiger partial charge < -0.3 is 24.8 Å². The maximum atomic E-state index is 14.5. The summed E-state index contributed by atoms with van der Waals surface area (Å²) >= 11 is -2.36. The van der Waals surface area contributed by atoms with E-state index in [1.807, 2.05) is 0 Å². The van der Waals surface area contributed by atoms with Crippen LogP contribution in [0.1, 0.15) is 76.4 Å². The van der Waals surface area contributed by atoms with Gasteiger partial charge in [0.25, 0.3) is 0 Å². The Morgan fingerprint density at radius 1 is 0.700 bits per heavy atom. The third-order valence-corrected chi connectivity index (χ3v) is 21.0. The molecule has 0 fully saturated rings. The van der Waals surface area contributed by atoms with Gasteiger partial charge in [-0.3, -0.25) is 0 Å². The van der Waals surface area contributed by atoms with Crippen LogP contribution in [0.2, 0.25) is 0 Å². The summed E-state index contributed by atoms with van der Waals surface area (Å²) in [5.74, 6) is 0.678. The zero-order valence-corrected chi connectivity index (χ0v) is 27.7. The van der Waals surface area contributed by atoms with Crippen LogP contribution >= 0.6 is 0 Å². The first-order valence-electron chi connectivity index (χ1n) is 13.6. The van der Waals surface area contributed by atoms with Crippen molar-refractivity contribution < 1.29 is 47.0 Å². The van der Waals surface area contributed by atoms with E-state index in [0.717, 1.165) is 16.7 Å². The number of carbonyl (C=O) groups excluding carboxylic acids is 1. The van der Waals surface area contributed by atoms with Gasteiger partial charge >= 0.3 is 236 Å². The number of hydrogen-bond acceptors (Lipinski definition) is 1. The zero-order chi connectivity index (χ0) is 26.6. The summed E-state index contributed by atoms with van der Waals surface area (Å²) in [6.45, 7) is 7.00. The smallest absolute Gasteiger partial charge is 1.00 e. The Labute approximate surface area is 259 Å². The van der Waals surface area contributed by atoms with Gasteiger partial charge in [-0.1, -0.05) is 0 Å². The molecule has 1 amide bonds. The molecule has 205 valence electrons. The fourth-order valence-electron chi connectivity index (χ4n) is 5.70. The van der Waals surface area contributed by atoms with Crippen LogP contribution in [0.25, 0.3) is 6.08 Å². The molecule has 0 aromatic heterocycles. The number of nitrogens with one attached hydrogen (secondary N) is 1. The van der Waals surface area contributed by atoms with E-state index >= 15 is 0 Å². The number of halogens is 2. The second-order valence-electron chi connectivity index (χ2n) is 10.8. The molecule has 2 nitrogen and oxygen atoms in total. The summed E-state index contributed by atoms with van der Waals surface area (Å²) in [4.78, 5) is 14.5. The molecule has 0 heterocycles. The van der Waals surface area contributed by atoms with Crippen molar-refractivity contribution in [2.75, 3.05) is 0 Å². The Morgan fingerprint density at radius 2 is 1.20 bits per heavy atom. The normalized spacial score (nSPS) is 13.5. The molecule has 1 N–H and O–H groups in total. The summed E-state index contributed by atoms with van der Waals surface area (Å²) in [6, 6.07) is 37.1. The zero-order valence-electron chi connectivity index (χ0n) is 23.4. The number of amides is 1. The topological polar surface area (TPSA) is 29.1 Å². The maximum Gasteiger partial charge on any atom is -1.00 e. The average molecular weight is 622 g/mol. The Hall–Kier alpha value is -2.40. The molecule has 4 aromatic rings. The van der Waals surface area contributed by atoms with E-state index in [9.17, 15) is 4.79 Å². The third-order valence-electron chi connectivity index (χ3n) is 7.57. The third kappa shape index (κ3) is 6.73. The molecule has 0 bridgehead atoms. The van der Waals surface area contributed by atoms with Crippen LogP contribution in [-0.2, 0) is 17.4 Å². The molecule has 0 aliphatic heterocycles. The average Bonchev–Trinajstić information content (AvgIpc) is 3.37. The summed E-state index contributed by atoms with van der Waals surface area (Å²) in [6.07, 6.45) is 4.64. The van der Waals surface area contributed by atoms with Crippen molar-refractivity contribution in [3.63, 3.8) is 0 Å². The molecule has 0 saturated heterocycles. The first-order chi connectivity index (χ1) is 18.5. The standard InChI is InChI=1S/C13H19NO.C12H11Si.C9H7.2ClH.Ti/c1-8(2)10-6-5-7-11(9(3)4)12(10)13(14)15;1-3-7-11(8-4-1)13-12-9-5-2-6-10-12;1-2-5-9-7-3-6-8(9)4-1;;;/h5-9H,1-4H3,(H2,14,15);1-10,13H;1-7H;2*1H;/q;;;;;+3/p-3. The van der Waals surface area contributed by atoms with Crippen LogP contribution in [0.3, 0.4) is 0 Å². The van der Waals surface area contributed by atoms with Gasteiger partial charge in [-0.2, -0.15) is 0 Å². The first-order valence-corrected chi connectivity index (χ1v) is 19.8. The molecule has 4 aromatic carbocycles. The summed E-state index contributed by atoms with van der Waals surface area (Å²) in [5, 5.41) is 2.82. The van der Waals surface area contributed by atoms with E-state index in [1.54, 1.807) is 0 Å². The van der Waals surface area contributed by atoms with E-state index in [-0.39, 0.29) is 46.8 Å². The Balaban J connectivity index is 0.00000220. The van der Waals surface area contributed by atoms with Crippen LogP contribution < -0.4 is 39.0 Å². The monoisotopic (exact) mass is 620 g/mol. The fraction of sp³-hybridized carbons (Fsp3) is 0.206. The Kier molecular flexibility index (Phi) is 11.6. The van der Waals surface area contributed by atoms with E-state index in [1.165, 1.54) is 21.5 Å². The molecule has 1 aliphatic rings. The van der Waals surface area contributed by atoms with Crippen molar-refractivity contribution in [2.24, 2.45) is 0 Å². The van der Waals surface area contributed by atoms with Crippen molar-refractivity contribution in [3.05, 3.63) is 137 Å². The van der Waals surface area contributed by atoms with Crippen LogP contribution in [0.5, 0.6) is 0 Å². The predicted octanol–water partition coefficient (Wildman–Crippen LogP) is 0.511.